The number of benzene rings is 2. The van der Waals surface area contributed by atoms with E-state index in [4.69, 9.17) is 16.6 Å². The molecule has 1 saturated heterocycles. The number of hydrogen-bond acceptors (Lipinski definition) is 5. The molecule has 5 rings (SSSR count). The predicted molar refractivity (Wildman–Crippen MR) is 142 cm³/mol. The van der Waals surface area contributed by atoms with Crippen molar-refractivity contribution in [3.05, 3.63) is 74.9 Å². The number of carbonyl (C=O) groups is 2. The molecule has 0 radical (unpaired) electrons. The lowest BCUT2D eigenvalue weighted by Crippen LogP contribution is -2.55. The van der Waals surface area contributed by atoms with Crippen molar-refractivity contribution >= 4 is 34.6 Å². The van der Waals surface area contributed by atoms with Crippen LogP contribution in [-0.2, 0) is 0 Å². The third-order valence-electron chi connectivity index (χ3n) is 6.84. The molecule has 0 spiro atoms. The topological polar surface area (TPSA) is 71.1 Å². The Hall–Kier alpha value is -2.54. The van der Waals surface area contributed by atoms with Gasteiger partial charge in [-0.15, -0.1) is 11.3 Å². The van der Waals surface area contributed by atoms with Crippen molar-refractivity contribution in [2.24, 2.45) is 0 Å². The Morgan fingerprint density at radius 1 is 1.11 bits per heavy atom. The average Bonchev–Trinajstić information content (AvgIpc) is 3.62. The number of ketones is 1. The molecule has 2 atom stereocenters. The molecule has 1 unspecified atom stereocenters. The SMILES string of the molecule is Cc1cccc(-c2sc(C3CC3)nc2C(=O)[C@@H](NC(=O)c2cccc(C)c2Cl)C2CCCCN2)c1. The number of nitrogens with one attached hydrogen (secondary N) is 2. The van der Waals surface area contributed by atoms with Gasteiger partial charge in [0.15, 0.2) is 0 Å². The minimum Gasteiger partial charge on any atom is -0.340 e. The number of nitrogens with zero attached hydrogens (tertiary/aromatic N) is 1. The number of halogens is 1. The van der Waals surface area contributed by atoms with Crippen LogP contribution in [0.25, 0.3) is 10.4 Å². The first-order valence-corrected chi connectivity index (χ1v) is 13.5. The van der Waals surface area contributed by atoms with Gasteiger partial charge in [-0.2, -0.15) is 0 Å². The molecule has 2 N–H and O–H groups in total. The third kappa shape index (κ3) is 5.20. The Kier molecular flexibility index (Phi) is 7.05. The molecule has 1 aliphatic heterocycles. The average molecular weight is 508 g/mol. The van der Waals surface area contributed by atoms with Crippen LogP contribution in [0.15, 0.2) is 42.5 Å². The zero-order valence-corrected chi connectivity index (χ0v) is 21.6. The monoisotopic (exact) mass is 507 g/mol. The van der Waals surface area contributed by atoms with E-state index in [0.29, 0.717) is 22.2 Å². The fourth-order valence-corrected chi connectivity index (χ4v) is 6.14. The molecule has 1 aromatic heterocycles. The van der Waals surface area contributed by atoms with Gasteiger partial charge in [0.05, 0.1) is 20.5 Å². The van der Waals surface area contributed by atoms with Crippen LogP contribution in [-0.4, -0.2) is 35.3 Å². The summed E-state index contributed by atoms with van der Waals surface area (Å²) in [7, 11) is 0. The molecule has 2 heterocycles. The molecule has 1 aliphatic carbocycles. The zero-order chi connectivity index (χ0) is 24.5. The number of aromatic nitrogens is 1. The summed E-state index contributed by atoms with van der Waals surface area (Å²) in [4.78, 5) is 33.3. The van der Waals surface area contributed by atoms with E-state index in [-0.39, 0.29) is 17.7 Å². The number of aryl methyl sites for hydroxylation is 2. The Morgan fingerprint density at radius 3 is 2.63 bits per heavy atom. The van der Waals surface area contributed by atoms with Crippen LogP contribution in [0.1, 0.15) is 75.0 Å². The number of piperidine rings is 1. The summed E-state index contributed by atoms with van der Waals surface area (Å²) in [6.45, 7) is 4.74. The van der Waals surface area contributed by atoms with Crippen molar-refractivity contribution < 1.29 is 9.59 Å². The molecule has 0 bridgehead atoms. The molecular formula is C28H30ClN3O2S. The summed E-state index contributed by atoms with van der Waals surface area (Å²) < 4.78 is 0. The molecule has 2 aromatic carbocycles. The van der Waals surface area contributed by atoms with Crippen molar-refractivity contribution in [2.45, 2.75) is 64.0 Å². The highest BCUT2D eigenvalue weighted by atomic mass is 35.5. The zero-order valence-electron chi connectivity index (χ0n) is 20.1. The van der Waals surface area contributed by atoms with Crippen LogP contribution in [0.3, 0.4) is 0 Å². The molecule has 1 saturated carbocycles. The predicted octanol–water partition coefficient (Wildman–Crippen LogP) is 6.08. The quantitative estimate of drug-likeness (QED) is 0.380. The van der Waals surface area contributed by atoms with Crippen LogP contribution >= 0.6 is 22.9 Å². The largest absolute Gasteiger partial charge is 0.340 e. The normalized spacial score (nSPS) is 18.8. The highest BCUT2D eigenvalue weighted by molar-refractivity contribution is 7.15. The lowest BCUT2D eigenvalue weighted by Gasteiger charge is -2.31. The van der Waals surface area contributed by atoms with E-state index in [1.807, 2.05) is 44.2 Å². The van der Waals surface area contributed by atoms with Gasteiger partial charge in [0.25, 0.3) is 5.91 Å². The van der Waals surface area contributed by atoms with Gasteiger partial charge in [0.2, 0.25) is 5.78 Å². The van der Waals surface area contributed by atoms with E-state index in [9.17, 15) is 9.59 Å². The van der Waals surface area contributed by atoms with E-state index in [2.05, 4.69) is 16.7 Å². The Labute approximate surface area is 215 Å². The number of amides is 1. The first kappa shape index (κ1) is 24.2. The lowest BCUT2D eigenvalue weighted by molar-refractivity contribution is 0.0823. The van der Waals surface area contributed by atoms with Gasteiger partial charge in [-0.05, 0) is 63.3 Å². The van der Waals surface area contributed by atoms with Crippen molar-refractivity contribution in [1.82, 2.24) is 15.6 Å². The molecule has 2 aliphatic rings. The Bertz CT molecular complexity index is 1260. The van der Waals surface area contributed by atoms with E-state index in [1.165, 1.54) is 0 Å². The second-order valence-electron chi connectivity index (χ2n) is 9.68. The van der Waals surface area contributed by atoms with Crippen LogP contribution < -0.4 is 10.6 Å². The summed E-state index contributed by atoms with van der Waals surface area (Å²) in [5, 5.41) is 7.95. The Balaban J connectivity index is 1.52. The highest BCUT2D eigenvalue weighted by Gasteiger charge is 2.37. The van der Waals surface area contributed by atoms with Gasteiger partial charge in [-0.1, -0.05) is 60.0 Å². The summed E-state index contributed by atoms with van der Waals surface area (Å²) in [6.07, 6.45) is 5.12. The maximum atomic E-state index is 14.2. The van der Waals surface area contributed by atoms with Crippen molar-refractivity contribution in [3.63, 3.8) is 0 Å². The fraction of sp³-hybridized carbons (Fsp3) is 0.393. The summed E-state index contributed by atoms with van der Waals surface area (Å²) in [5.41, 5.74) is 3.82. The van der Waals surface area contributed by atoms with Gasteiger partial charge in [-0.3, -0.25) is 9.59 Å². The molecule has 35 heavy (non-hydrogen) atoms. The van der Waals surface area contributed by atoms with Gasteiger partial charge in [-0.25, -0.2) is 4.98 Å². The van der Waals surface area contributed by atoms with Crippen molar-refractivity contribution in [1.29, 1.82) is 0 Å². The molecular weight excluding hydrogens is 478 g/mol. The number of carbonyl (C=O) groups excluding carboxylic acids is 2. The standard InChI is InChI=1S/C28H30ClN3O2S/c1-16-7-5-9-19(15-16)26-24(32-28(35-26)18-12-13-18)25(33)23(21-11-3-4-14-30-21)31-27(34)20-10-6-8-17(2)22(20)29/h5-10,15,18,21,23,30H,3-4,11-14H2,1-2H3,(H,31,34)/t21?,23-/m0/s1. The number of hydrogen-bond donors (Lipinski definition) is 2. The molecule has 182 valence electrons. The van der Waals surface area contributed by atoms with Crippen molar-refractivity contribution in [3.8, 4) is 10.4 Å². The molecule has 5 nitrogen and oxygen atoms in total. The third-order valence-corrected chi connectivity index (χ3v) is 8.61. The second-order valence-corrected chi connectivity index (χ2v) is 11.1. The molecule has 2 fully saturated rings. The lowest BCUT2D eigenvalue weighted by atomic mass is 9.92. The number of rotatable bonds is 7. The van der Waals surface area contributed by atoms with Gasteiger partial charge < -0.3 is 10.6 Å². The molecule has 1 amide bonds. The first-order valence-electron chi connectivity index (χ1n) is 12.3. The van der Waals surface area contributed by atoms with Gasteiger partial charge >= 0.3 is 0 Å². The molecule has 3 aromatic rings. The fourth-order valence-electron chi connectivity index (χ4n) is 4.69. The van der Waals surface area contributed by atoms with Crippen LogP contribution in [0.2, 0.25) is 5.02 Å². The maximum absolute atomic E-state index is 14.2. The minimum absolute atomic E-state index is 0.138. The first-order chi connectivity index (χ1) is 16.9. The number of thiazole rings is 1. The van der Waals surface area contributed by atoms with E-state index in [0.717, 1.165) is 65.2 Å². The van der Waals surface area contributed by atoms with E-state index < -0.39 is 6.04 Å². The maximum Gasteiger partial charge on any atom is 0.253 e. The van der Waals surface area contributed by atoms with E-state index in [1.54, 1.807) is 17.4 Å². The summed E-state index contributed by atoms with van der Waals surface area (Å²) >= 11 is 8.06. The van der Waals surface area contributed by atoms with Crippen LogP contribution in [0.4, 0.5) is 0 Å². The van der Waals surface area contributed by atoms with Gasteiger partial charge in [0, 0.05) is 12.0 Å². The summed E-state index contributed by atoms with van der Waals surface area (Å²) in [5.74, 6) is -0.0302. The van der Waals surface area contributed by atoms with E-state index >= 15 is 0 Å². The van der Waals surface area contributed by atoms with Crippen molar-refractivity contribution in [2.75, 3.05) is 6.54 Å². The highest BCUT2D eigenvalue weighted by Crippen LogP contribution is 2.45. The minimum atomic E-state index is -0.725. The smallest absolute Gasteiger partial charge is 0.253 e. The number of Topliss-reactive ketones (excluding diaryl/α,β-unsaturated/α-hetero) is 1. The summed E-state index contributed by atoms with van der Waals surface area (Å²) in [6, 6.07) is 12.7. The van der Waals surface area contributed by atoms with Crippen LogP contribution in [0, 0.1) is 13.8 Å². The second kappa shape index (κ2) is 10.2. The molecule has 7 heteroatoms. The van der Waals surface area contributed by atoms with Gasteiger partial charge in [0.1, 0.15) is 11.7 Å². The van der Waals surface area contributed by atoms with Crippen LogP contribution in [0.5, 0.6) is 0 Å². The Morgan fingerprint density at radius 2 is 1.91 bits per heavy atom.